The topological polar surface area (TPSA) is 98.0 Å². The Morgan fingerprint density at radius 2 is 1.77 bits per heavy atom. The van der Waals surface area contributed by atoms with Crippen molar-refractivity contribution in [1.29, 1.82) is 0 Å². The molecule has 0 spiro atoms. The molecule has 0 saturated carbocycles. The highest BCUT2D eigenvalue weighted by Gasteiger charge is 2.18. The summed E-state index contributed by atoms with van der Waals surface area (Å²) in [6, 6.07) is 9.58. The molecule has 3 aromatic rings. The van der Waals surface area contributed by atoms with Crippen LogP contribution in [0.1, 0.15) is 21.5 Å². The summed E-state index contributed by atoms with van der Waals surface area (Å²) >= 11 is 1.30. The Bertz CT molecular complexity index is 1330. The van der Waals surface area contributed by atoms with Crippen molar-refractivity contribution in [2.45, 2.75) is 25.3 Å². The number of carbonyl (C=O) groups excluding carboxylic acids is 2. The van der Waals surface area contributed by atoms with Gasteiger partial charge < -0.3 is 9.30 Å². The Kier molecular flexibility index (Phi) is 6.44. The molecule has 0 radical (unpaired) electrons. The number of aryl methyl sites for hydroxylation is 2. The molecule has 1 amide bonds. The number of aromatic nitrogens is 1. The van der Waals surface area contributed by atoms with Crippen molar-refractivity contribution >= 4 is 43.5 Å². The molecular formula is C21H23N3O5S2. The first-order valence-electron chi connectivity index (χ1n) is 9.33. The quantitative estimate of drug-likeness (QED) is 0.544. The van der Waals surface area contributed by atoms with E-state index in [1.165, 1.54) is 56.8 Å². The molecule has 3 rings (SSSR count). The first kappa shape index (κ1) is 22.9. The van der Waals surface area contributed by atoms with E-state index < -0.39 is 21.9 Å². The van der Waals surface area contributed by atoms with Crippen molar-refractivity contribution in [3.8, 4) is 0 Å². The molecule has 1 aromatic heterocycles. The zero-order valence-corrected chi connectivity index (χ0v) is 19.5. The number of benzene rings is 2. The molecule has 0 aliphatic heterocycles. The predicted octanol–water partition coefficient (Wildman–Crippen LogP) is 2.48. The van der Waals surface area contributed by atoms with Gasteiger partial charge in [0, 0.05) is 19.7 Å². The number of carbonyl (C=O) groups is 2. The molecule has 1 heterocycles. The Morgan fingerprint density at radius 1 is 1.13 bits per heavy atom. The van der Waals surface area contributed by atoms with E-state index in [4.69, 9.17) is 4.74 Å². The van der Waals surface area contributed by atoms with Crippen LogP contribution >= 0.6 is 11.3 Å². The van der Waals surface area contributed by atoms with Crippen molar-refractivity contribution < 1.29 is 22.7 Å². The lowest BCUT2D eigenvalue weighted by atomic mass is 10.1. The number of ether oxygens (including phenoxy) is 1. The molecule has 0 aliphatic carbocycles. The summed E-state index contributed by atoms with van der Waals surface area (Å²) in [6.45, 7) is 3.83. The number of fused-ring (bicyclic) bond motifs is 1. The molecular weight excluding hydrogens is 438 g/mol. The van der Waals surface area contributed by atoms with Crippen LogP contribution in [0.25, 0.3) is 10.2 Å². The Labute approximate surface area is 184 Å². The average Bonchev–Trinajstić information content (AvgIpc) is 3.04. The fraction of sp³-hybridized carbons (Fsp3) is 0.286. The van der Waals surface area contributed by atoms with Gasteiger partial charge >= 0.3 is 5.97 Å². The molecule has 10 heteroatoms. The molecule has 0 saturated heterocycles. The van der Waals surface area contributed by atoms with Crippen molar-refractivity contribution in [2.24, 2.45) is 4.99 Å². The van der Waals surface area contributed by atoms with Crippen LogP contribution in [0.15, 0.2) is 46.3 Å². The fourth-order valence-corrected chi connectivity index (χ4v) is 5.25. The smallest absolute Gasteiger partial charge is 0.325 e. The lowest BCUT2D eigenvalue weighted by molar-refractivity contribution is -0.141. The summed E-state index contributed by atoms with van der Waals surface area (Å²) in [5, 5.41) is 0. The second kappa shape index (κ2) is 8.74. The lowest BCUT2D eigenvalue weighted by Gasteiger charge is -2.11. The van der Waals surface area contributed by atoms with Gasteiger partial charge in [-0.3, -0.25) is 9.59 Å². The third kappa shape index (κ3) is 4.60. The average molecular weight is 462 g/mol. The minimum atomic E-state index is -3.59. The molecule has 0 unspecified atom stereocenters. The standard InChI is InChI=1S/C21H23N3O5S2/c1-13-10-14(2)19-17(11-13)30-21(24(19)12-18(25)29-5)22-20(26)15-6-8-16(9-7-15)31(27,28)23(3)4/h6-11H,12H2,1-5H3. The number of hydrogen-bond donors (Lipinski definition) is 0. The number of methoxy groups -OCH3 is 1. The van der Waals surface area contributed by atoms with E-state index in [9.17, 15) is 18.0 Å². The van der Waals surface area contributed by atoms with Gasteiger partial charge in [0.1, 0.15) is 6.54 Å². The number of esters is 1. The van der Waals surface area contributed by atoms with Crippen LogP contribution in [0, 0.1) is 13.8 Å². The monoisotopic (exact) mass is 461 g/mol. The van der Waals surface area contributed by atoms with Crippen LogP contribution in [-0.2, 0) is 26.1 Å². The van der Waals surface area contributed by atoms with E-state index in [1.54, 1.807) is 4.57 Å². The largest absolute Gasteiger partial charge is 0.468 e. The minimum absolute atomic E-state index is 0.0769. The summed E-state index contributed by atoms with van der Waals surface area (Å²) < 4.78 is 32.9. The van der Waals surface area contributed by atoms with Gasteiger partial charge in [-0.15, -0.1) is 0 Å². The highest BCUT2D eigenvalue weighted by Crippen LogP contribution is 2.23. The zero-order chi connectivity index (χ0) is 22.9. The van der Waals surface area contributed by atoms with Gasteiger partial charge in [-0.2, -0.15) is 4.99 Å². The lowest BCUT2D eigenvalue weighted by Crippen LogP contribution is -2.23. The number of sulfonamides is 1. The second-order valence-corrected chi connectivity index (χ2v) is 10.4. The Morgan fingerprint density at radius 3 is 2.35 bits per heavy atom. The maximum absolute atomic E-state index is 12.8. The van der Waals surface area contributed by atoms with Crippen LogP contribution in [0.5, 0.6) is 0 Å². The molecule has 0 atom stereocenters. The van der Waals surface area contributed by atoms with Crippen LogP contribution in [0.3, 0.4) is 0 Å². The predicted molar refractivity (Wildman–Crippen MR) is 119 cm³/mol. The van der Waals surface area contributed by atoms with E-state index in [2.05, 4.69) is 4.99 Å². The third-order valence-corrected chi connectivity index (χ3v) is 7.56. The molecule has 0 aliphatic rings. The van der Waals surface area contributed by atoms with Crippen LogP contribution in [0.2, 0.25) is 0 Å². The molecule has 0 N–H and O–H groups in total. The summed E-state index contributed by atoms with van der Waals surface area (Å²) in [6.07, 6.45) is 0. The van der Waals surface area contributed by atoms with Crippen LogP contribution in [-0.4, -0.2) is 50.4 Å². The van der Waals surface area contributed by atoms with Crippen LogP contribution in [0.4, 0.5) is 0 Å². The highest BCUT2D eigenvalue weighted by molar-refractivity contribution is 7.89. The first-order chi connectivity index (χ1) is 14.5. The Hall–Kier alpha value is -2.82. The first-order valence-corrected chi connectivity index (χ1v) is 11.6. The van der Waals surface area contributed by atoms with Crippen molar-refractivity contribution in [3.63, 3.8) is 0 Å². The van der Waals surface area contributed by atoms with E-state index in [-0.39, 0.29) is 17.0 Å². The van der Waals surface area contributed by atoms with E-state index in [1.807, 2.05) is 26.0 Å². The summed E-state index contributed by atoms with van der Waals surface area (Å²) in [5.41, 5.74) is 3.09. The van der Waals surface area contributed by atoms with Crippen molar-refractivity contribution in [1.82, 2.24) is 8.87 Å². The molecule has 8 nitrogen and oxygen atoms in total. The molecule has 164 valence electrons. The van der Waals surface area contributed by atoms with Gasteiger partial charge in [-0.1, -0.05) is 17.4 Å². The number of rotatable bonds is 5. The molecule has 31 heavy (non-hydrogen) atoms. The molecule has 0 bridgehead atoms. The fourth-order valence-electron chi connectivity index (χ4n) is 3.15. The zero-order valence-electron chi connectivity index (χ0n) is 17.9. The van der Waals surface area contributed by atoms with Gasteiger partial charge in [0.15, 0.2) is 4.80 Å². The van der Waals surface area contributed by atoms with Crippen molar-refractivity contribution in [2.75, 3.05) is 21.2 Å². The highest BCUT2D eigenvalue weighted by atomic mass is 32.2. The normalized spacial score (nSPS) is 12.5. The molecule has 2 aromatic carbocycles. The van der Waals surface area contributed by atoms with Crippen molar-refractivity contribution in [3.05, 3.63) is 57.9 Å². The maximum atomic E-state index is 12.8. The van der Waals surface area contributed by atoms with Gasteiger partial charge in [0.25, 0.3) is 5.91 Å². The van der Waals surface area contributed by atoms with Gasteiger partial charge in [0.05, 0.1) is 22.2 Å². The van der Waals surface area contributed by atoms with E-state index in [0.717, 1.165) is 25.6 Å². The third-order valence-electron chi connectivity index (χ3n) is 4.70. The van der Waals surface area contributed by atoms with Crippen LogP contribution < -0.4 is 4.80 Å². The number of thiazole rings is 1. The summed E-state index contributed by atoms with van der Waals surface area (Å²) in [4.78, 5) is 29.4. The van der Waals surface area contributed by atoms with E-state index in [0.29, 0.717) is 4.80 Å². The minimum Gasteiger partial charge on any atom is -0.468 e. The maximum Gasteiger partial charge on any atom is 0.325 e. The number of hydrogen-bond acceptors (Lipinski definition) is 6. The van der Waals surface area contributed by atoms with Gasteiger partial charge in [0.2, 0.25) is 10.0 Å². The summed E-state index contributed by atoms with van der Waals surface area (Å²) in [5.74, 6) is -0.986. The number of nitrogens with zero attached hydrogens (tertiary/aromatic N) is 3. The second-order valence-electron chi connectivity index (χ2n) is 7.20. The number of amides is 1. The SMILES string of the molecule is COC(=O)Cn1c(=NC(=O)c2ccc(S(=O)(=O)N(C)C)cc2)sc2cc(C)cc(C)c21. The van der Waals surface area contributed by atoms with Gasteiger partial charge in [-0.05, 0) is 55.3 Å². The summed E-state index contributed by atoms with van der Waals surface area (Å²) in [7, 11) is 0.595. The molecule has 0 fully saturated rings. The van der Waals surface area contributed by atoms with Gasteiger partial charge in [-0.25, -0.2) is 12.7 Å². The Balaban J connectivity index is 2.09. The van der Waals surface area contributed by atoms with E-state index >= 15 is 0 Å².